The average Bonchev–Trinajstić information content (AvgIpc) is 2.25. The molecule has 0 aliphatic carbocycles. The van der Waals surface area contributed by atoms with Crippen molar-refractivity contribution >= 4 is 17.7 Å². The zero-order valence-electron chi connectivity index (χ0n) is 10.8. The van der Waals surface area contributed by atoms with Crippen LogP contribution < -0.4 is 5.32 Å². The van der Waals surface area contributed by atoms with E-state index in [1.807, 2.05) is 0 Å². The predicted molar refractivity (Wildman–Crippen MR) is 70.4 cm³/mol. The van der Waals surface area contributed by atoms with Crippen molar-refractivity contribution in [1.82, 2.24) is 5.32 Å². The smallest absolute Gasteiger partial charge is 0.407 e. The molecule has 1 rings (SSSR count). The Morgan fingerprint density at radius 2 is 2.11 bits per heavy atom. The minimum absolute atomic E-state index is 0.0561. The van der Waals surface area contributed by atoms with Crippen LogP contribution in [-0.2, 0) is 17.9 Å². The third-order valence-electron chi connectivity index (χ3n) is 2.12. The number of rotatable bonds is 3. The van der Waals surface area contributed by atoms with Crippen molar-refractivity contribution in [3.63, 3.8) is 0 Å². The van der Waals surface area contributed by atoms with Crippen LogP contribution in [0.1, 0.15) is 31.9 Å². The number of amides is 1. The molecule has 2 N–H and O–H groups in total. The molecule has 0 radical (unpaired) electrons. The number of aliphatic hydroxyl groups is 1. The van der Waals surface area contributed by atoms with Crippen LogP contribution in [0.25, 0.3) is 0 Å². The van der Waals surface area contributed by atoms with Crippen LogP contribution in [0.3, 0.4) is 0 Å². The molecule has 0 heterocycles. The molecule has 0 saturated heterocycles. The molecule has 5 heteroatoms. The molecule has 0 aliphatic heterocycles. The monoisotopic (exact) mass is 271 g/mol. The van der Waals surface area contributed by atoms with Gasteiger partial charge in [0.2, 0.25) is 0 Å². The lowest BCUT2D eigenvalue weighted by molar-refractivity contribution is 0.0523. The van der Waals surface area contributed by atoms with Gasteiger partial charge >= 0.3 is 6.09 Å². The lowest BCUT2D eigenvalue weighted by atomic mass is 10.1. The number of benzene rings is 1. The normalized spacial score (nSPS) is 11.2. The lowest BCUT2D eigenvalue weighted by Gasteiger charge is -2.19. The molecule has 1 aromatic carbocycles. The first-order valence-electron chi connectivity index (χ1n) is 5.67. The summed E-state index contributed by atoms with van der Waals surface area (Å²) in [6.07, 6.45) is -0.482. The third-order valence-corrected chi connectivity index (χ3v) is 2.47. The maximum Gasteiger partial charge on any atom is 0.407 e. The van der Waals surface area contributed by atoms with Crippen molar-refractivity contribution in [3.8, 4) is 0 Å². The Morgan fingerprint density at radius 3 is 2.61 bits per heavy atom. The Kier molecular flexibility index (Phi) is 4.99. The summed E-state index contributed by atoms with van der Waals surface area (Å²) in [7, 11) is 0. The number of nitrogens with one attached hydrogen (secondary N) is 1. The van der Waals surface area contributed by atoms with Gasteiger partial charge in [0.1, 0.15) is 5.60 Å². The first-order valence-corrected chi connectivity index (χ1v) is 6.04. The molecule has 0 spiro atoms. The summed E-state index contributed by atoms with van der Waals surface area (Å²) in [6, 6.07) is 5.21. The number of carbonyl (C=O) groups excluding carboxylic acids is 1. The highest BCUT2D eigenvalue weighted by molar-refractivity contribution is 6.31. The van der Waals surface area contributed by atoms with E-state index in [-0.39, 0.29) is 6.61 Å². The molecule has 0 aliphatic rings. The van der Waals surface area contributed by atoms with Crippen LogP contribution in [0.2, 0.25) is 5.02 Å². The minimum atomic E-state index is -0.519. The third kappa shape index (κ3) is 4.94. The number of halogens is 1. The van der Waals surface area contributed by atoms with Gasteiger partial charge in [-0.1, -0.05) is 23.7 Å². The molecule has 0 saturated carbocycles. The summed E-state index contributed by atoms with van der Waals surface area (Å²) in [5.41, 5.74) is 0.995. The minimum Gasteiger partial charge on any atom is -0.444 e. The molecular weight excluding hydrogens is 254 g/mol. The van der Waals surface area contributed by atoms with Crippen LogP contribution in [0.5, 0.6) is 0 Å². The standard InChI is InChI=1S/C13H18ClNO3/c1-13(2,3)18-12(17)15-7-10-5-4-9(8-16)6-11(10)14/h4-6,16H,7-8H2,1-3H3,(H,15,17). The Bertz CT molecular complexity index is 427. The topological polar surface area (TPSA) is 58.6 Å². The van der Waals surface area contributed by atoms with Gasteiger partial charge in [-0.3, -0.25) is 0 Å². The van der Waals surface area contributed by atoms with Gasteiger partial charge in [-0.15, -0.1) is 0 Å². The largest absolute Gasteiger partial charge is 0.444 e. The zero-order valence-corrected chi connectivity index (χ0v) is 11.5. The summed E-state index contributed by atoms with van der Waals surface area (Å²) in [6.45, 7) is 5.64. The van der Waals surface area contributed by atoms with Crippen LogP contribution >= 0.6 is 11.6 Å². The van der Waals surface area contributed by atoms with Crippen molar-refractivity contribution in [1.29, 1.82) is 0 Å². The first kappa shape index (κ1) is 14.8. The van der Waals surface area contributed by atoms with Crippen molar-refractivity contribution in [3.05, 3.63) is 34.3 Å². The summed E-state index contributed by atoms with van der Waals surface area (Å²) >= 11 is 6.02. The van der Waals surface area contributed by atoms with Gasteiger partial charge in [-0.05, 0) is 38.0 Å². The van der Waals surface area contributed by atoms with E-state index in [0.29, 0.717) is 11.6 Å². The fourth-order valence-corrected chi connectivity index (χ4v) is 1.58. The lowest BCUT2D eigenvalue weighted by Crippen LogP contribution is -2.32. The van der Waals surface area contributed by atoms with E-state index < -0.39 is 11.7 Å². The molecular formula is C13H18ClNO3. The quantitative estimate of drug-likeness (QED) is 0.889. The maximum atomic E-state index is 11.4. The Hall–Kier alpha value is -1.26. The fraction of sp³-hybridized carbons (Fsp3) is 0.462. The molecule has 100 valence electrons. The van der Waals surface area contributed by atoms with Crippen molar-refractivity contribution < 1.29 is 14.6 Å². The van der Waals surface area contributed by atoms with Gasteiger partial charge in [0.05, 0.1) is 6.61 Å². The van der Waals surface area contributed by atoms with E-state index in [0.717, 1.165) is 11.1 Å². The highest BCUT2D eigenvalue weighted by Crippen LogP contribution is 2.18. The number of hydrogen-bond donors (Lipinski definition) is 2. The molecule has 0 unspecified atom stereocenters. The van der Waals surface area contributed by atoms with Crippen LogP contribution in [0.15, 0.2) is 18.2 Å². The fourth-order valence-electron chi connectivity index (χ4n) is 1.31. The molecule has 1 aromatic rings. The number of ether oxygens (including phenoxy) is 1. The van der Waals surface area contributed by atoms with Crippen molar-refractivity contribution in [2.45, 2.75) is 39.5 Å². The molecule has 1 amide bonds. The van der Waals surface area contributed by atoms with Crippen LogP contribution in [0.4, 0.5) is 4.79 Å². The van der Waals surface area contributed by atoms with Crippen LogP contribution in [-0.4, -0.2) is 16.8 Å². The number of alkyl carbamates (subject to hydrolysis) is 1. The van der Waals surface area contributed by atoms with E-state index in [9.17, 15) is 4.79 Å². The summed E-state index contributed by atoms with van der Waals surface area (Å²) in [5, 5.41) is 12.1. The summed E-state index contributed by atoms with van der Waals surface area (Å²) in [4.78, 5) is 11.4. The molecule has 18 heavy (non-hydrogen) atoms. The first-order chi connectivity index (χ1) is 8.31. The predicted octanol–water partition coefficient (Wildman–Crippen LogP) is 2.86. The highest BCUT2D eigenvalue weighted by atomic mass is 35.5. The Labute approximate surface area is 112 Å². The van der Waals surface area contributed by atoms with E-state index in [2.05, 4.69) is 5.32 Å². The second-order valence-corrected chi connectivity index (χ2v) is 5.35. The van der Waals surface area contributed by atoms with Gasteiger partial charge < -0.3 is 15.2 Å². The van der Waals surface area contributed by atoms with E-state index >= 15 is 0 Å². The van der Waals surface area contributed by atoms with Gasteiger partial charge in [0, 0.05) is 11.6 Å². The second-order valence-electron chi connectivity index (χ2n) is 4.94. The van der Waals surface area contributed by atoms with Crippen molar-refractivity contribution in [2.24, 2.45) is 0 Å². The van der Waals surface area contributed by atoms with Crippen molar-refractivity contribution in [2.75, 3.05) is 0 Å². The molecule has 4 nitrogen and oxygen atoms in total. The van der Waals surface area contributed by atoms with Gasteiger partial charge in [0.15, 0.2) is 0 Å². The Balaban J connectivity index is 2.56. The second kappa shape index (κ2) is 6.07. The highest BCUT2D eigenvalue weighted by Gasteiger charge is 2.15. The van der Waals surface area contributed by atoms with E-state index in [4.69, 9.17) is 21.4 Å². The molecule has 0 atom stereocenters. The maximum absolute atomic E-state index is 11.4. The van der Waals surface area contributed by atoms with Gasteiger partial charge in [-0.2, -0.15) is 0 Å². The van der Waals surface area contributed by atoms with Gasteiger partial charge in [0.25, 0.3) is 0 Å². The molecule has 0 aromatic heterocycles. The SMILES string of the molecule is CC(C)(C)OC(=O)NCc1ccc(CO)cc1Cl. The summed E-state index contributed by atoms with van der Waals surface area (Å²) in [5.74, 6) is 0. The van der Waals surface area contributed by atoms with Gasteiger partial charge in [-0.25, -0.2) is 4.79 Å². The Morgan fingerprint density at radius 1 is 1.44 bits per heavy atom. The molecule has 0 fully saturated rings. The number of carbonyl (C=O) groups is 1. The average molecular weight is 272 g/mol. The zero-order chi connectivity index (χ0) is 13.8. The van der Waals surface area contributed by atoms with E-state index in [1.54, 1.807) is 39.0 Å². The molecule has 0 bridgehead atoms. The van der Waals surface area contributed by atoms with E-state index in [1.165, 1.54) is 0 Å². The number of hydrogen-bond acceptors (Lipinski definition) is 3. The number of aliphatic hydroxyl groups excluding tert-OH is 1. The van der Waals surface area contributed by atoms with Crippen LogP contribution in [0, 0.1) is 0 Å². The summed E-state index contributed by atoms with van der Waals surface area (Å²) < 4.78 is 5.11.